The van der Waals surface area contributed by atoms with Gasteiger partial charge in [0, 0.05) is 25.5 Å². The van der Waals surface area contributed by atoms with Crippen LogP contribution < -0.4 is 5.32 Å². The summed E-state index contributed by atoms with van der Waals surface area (Å²) in [5.41, 5.74) is 1.51. The number of hydrogen-bond donors (Lipinski definition) is 1. The average molecular weight is 360 g/mol. The van der Waals surface area contributed by atoms with Crippen LogP contribution in [0.15, 0.2) is 53.4 Å². The zero-order chi connectivity index (χ0) is 18.2. The van der Waals surface area contributed by atoms with Gasteiger partial charge in [-0.2, -0.15) is 0 Å². The summed E-state index contributed by atoms with van der Waals surface area (Å²) in [5.74, 6) is -0.169. The van der Waals surface area contributed by atoms with Gasteiger partial charge in [0.2, 0.25) is 5.91 Å². The van der Waals surface area contributed by atoms with Crippen LogP contribution in [0.4, 0.5) is 4.39 Å². The van der Waals surface area contributed by atoms with E-state index in [1.165, 1.54) is 28.8 Å². The molecule has 0 bridgehead atoms. The molecule has 0 saturated carbocycles. The number of amides is 2. The van der Waals surface area contributed by atoms with E-state index in [0.29, 0.717) is 18.5 Å². The molecule has 2 aromatic carbocycles. The molecule has 25 heavy (non-hydrogen) atoms. The molecule has 2 amide bonds. The lowest BCUT2D eigenvalue weighted by Gasteiger charge is -2.12. The Kier molecular flexibility index (Phi) is 7.01. The summed E-state index contributed by atoms with van der Waals surface area (Å²) in [5, 5.41) is 2.87. The molecule has 2 aromatic rings. The second-order valence-corrected chi connectivity index (χ2v) is 6.72. The van der Waals surface area contributed by atoms with E-state index in [1.54, 1.807) is 38.4 Å². The lowest BCUT2D eigenvalue weighted by atomic mass is 10.1. The third-order valence-electron chi connectivity index (χ3n) is 3.59. The maximum atomic E-state index is 12.9. The molecular weight excluding hydrogens is 339 g/mol. The van der Waals surface area contributed by atoms with Crippen molar-refractivity contribution in [1.82, 2.24) is 10.2 Å². The third kappa shape index (κ3) is 5.90. The standard InChI is InChI=1S/C19H21FN2O2S/c1-22(2)18(23)13-25-17-6-4-3-5-16(17)19(24)21-12-11-14-7-9-15(20)10-8-14/h3-10H,11-13H2,1-2H3,(H,21,24). The number of nitrogens with zero attached hydrogens (tertiary/aromatic N) is 1. The summed E-state index contributed by atoms with van der Waals surface area (Å²) in [6.07, 6.45) is 0.625. The minimum absolute atomic E-state index is 0.00322. The van der Waals surface area contributed by atoms with Gasteiger partial charge in [0.1, 0.15) is 5.82 Å². The zero-order valence-corrected chi connectivity index (χ0v) is 15.1. The molecule has 132 valence electrons. The van der Waals surface area contributed by atoms with Crippen LogP contribution in [0.1, 0.15) is 15.9 Å². The van der Waals surface area contributed by atoms with Gasteiger partial charge < -0.3 is 10.2 Å². The normalized spacial score (nSPS) is 10.4. The number of carbonyl (C=O) groups excluding carboxylic acids is 2. The maximum Gasteiger partial charge on any atom is 0.252 e. The fourth-order valence-electron chi connectivity index (χ4n) is 2.12. The van der Waals surface area contributed by atoms with Gasteiger partial charge in [0.15, 0.2) is 0 Å². The number of carbonyl (C=O) groups is 2. The lowest BCUT2D eigenvalue weighted by molar-refractivity contribution is -0.125. The van der Waals surface area contributed by atoms with Gasteiger partial charge in [-0.1, -0.05) is 24.3 Å². The third-order valence-corrected chi connectivity index (χ3v) is 4.65. The number of hydrogen-bond acceptors (Lipinski definition) is 3. The van der Waals surface area contributed by atoms with Gasteiger partial charge >= 0.3 is 0 Å². The van der Waals surface area contributed by atoms with E-state index in [-0.39, 0.29) is 23.4 Å². The quantitative estimate of drug-likeness (QED) is 0.773. The van der Waals surface area contributed by atoms with Crippen molar-refractivity contribution in [2.75, 3.05) is 26.4 Å². The van der Waals surface area contributed by atoms with Gasteiger partial charge in [0.05, 0.1) is 11.3 Å². The second-order valence-electron chi connectivity index (χ2n) is 5.71. The van der Waals surface area contributed by atoms with Crippen LogP contribution in [-0.4, -0.2) is 43.1 Å². The summed E-state index contributed by atoms with van der Waals surface area (Å²) in [7, 11) is 3.41. The van der Waals surface area contributed by atoms with Crippen molar-refractivity contribution in [1.29, 1.82) is 0 Å². The molecule has 0 aliphatic rings. The first kappa shape index (κ1) is 19.0. The SMILES string of the molecule is CN(C)C(=O)CSc1ccccc1C(=O)NCCc1ccc(F)cc1. The van der Waals surface area contributed by atoms with Gasteiger partial charge in [0.25, 0.3) is 5.91 Å². The van der Waals surface area contributed by atoms with Crippen LogP contribution in [0, 0.1) is 5.82 Å². The molecule has 2 rings (SSSR count). The summed E-state index contributed by atoms with van der Waals surface area (Å²) < 4.78 is 12.9. The first-order valence-corrected chi connectivity index (χ1v) is 8.90. The van der Waals surface area contributed by atoms with Crippen LogP contribution in [0.25, 0.3) is 0 Å². The Morgan fingerprint density at radius 3 is 2.44 bits per heavy atom. The van der Waals surface area contributed by atoms with Crippen molar-refractivity contribution in [3.8, 4) is 0 Å². The molecule has 0 aliphatic carbocycles. The number of rotatable bonds is 7. The minimum Gasteiger partial charge on any atom is -0.352 e. The topological polar surface area (TPSA) is 49.4 Å². The van der Waals surface area contributed by atoms with E-state index in [0.717, 1.165) is 10.5 Å². The Balaban J connectivity index is 1.92. The molecule has 0 spiro atoms. The molecule has 0 heterocycles. The number of halogens is 1. The Morgan fingerprint density at radius 2 is 1.76 bits per heavy atom. The van der Waals surface area contributed by atoms with Gasteiger partial charge in [-0.3, -0.25) is 9.59 Å². The van der Waals surface area contributed by atoms with Crippen molar-refractivity contribution in [3.05, 3.63) is 65.5 Å². The fourth-order valence-corrected chi connectivity index (χ4v) is 3.14. The number of nitrogens with one attached hydrogen (secondary N) is 1. The smallest absolute Gasteiger partial charge is 0.252 e. The van der Waals surface area contributed by atoms with E-state index in [1.807, 2.05) is 12.1 Å². The largest absolute Gasteiger partial charge is 0.352 e. The van der Waals surface area contributed by atoms with Gasteiger partial charge in [-0.25, -0.2) is 4.39 Å². The van der Waals surface area contributed by atoms with E-state index >= 15 is 0 Å². The Hall–Kier alpha value is -2.34. The van der Waals surface area contributed by atoms with E-state index in [2.05, 4.69) is 5.32 Å². The van der Waals surface area contributed by atoms with Crippen LogP contribution >= 0.6 is 11.8 Å². The van der Waals surface area contributed by atoms with E-state index in [9.17, 15) is 14.0 Å². The van der Waals surface area contributed by atoms with Crippen molar-refractivity contribution >= 4 is 23.6 Å². The van der Waals surface area contributed by atoms with Crippen LogP contribution in [-0.2, 0) is 11.2 Å². The molecule has 0 atom stereocenters. The summed E-state index contributed by atoms with van der Waals surface area (Å²) >= 11 is 1.35. The molecular formula is C19H21FN2O2S. The molecule has 0 aromatic heterocycles. The van der Waals surface area contributed by atoms with Crippen molar-refractivity contribution in [2.24, 2.45) is 0 Å². The highest BCUT2D eigenvalue weighted by Crippen LogP contribution is 2.22. The summed E-state index contributed by atoms with van der Waals surface area (Å²) in [6.45, 7) is 0.458. The fraction of sp³-hybridized carbons (Fsp3) is 0.263. The van der Waals surface area contributed by atoms with Gasteiger partial charge in [-0.05, 0) is 36.2 Å². The van der Waals surface area contributed by atoms with Crippen molar-refractivity contribution < 1.29 is 14.0 Å². The number of thioether (sulfide) groups is 1. The first-order valence-electron chi connectivity index (χ1n) is 7.92. The molecule has 0 radical (unpaired) electrons. The molecule has 1 N–H and O–H groups in total. The van der Waals surface area contributed by atoms with Crippen LogP contribution in [0.3, 0.4) is 0 Å². The van der Waals surface area contributed by atoms with Crippen LogP contribution in [0.2, 0.25) is 0 Å². The average Bonchev–Trinajstić information content (AvgIpc) is 2.61. The predicted octanol–water partition coefficient (Wildman–Crippen LogP) is 2.98. The monoisotopic (exact) mass is 360 g/mol. The highest BCUT2D eigenvalue weighted by molar-refractivity contribution is 8.00. The summed E-state index contributed by atoms with van der Waals surface area (Å²) in [6, 6.07) is 13.5. The predicted molar refractivity (Wildman–Crippen MR) is 98.3 cm³/mol. The van der Waals surface area contributed by atoms with E-state index in [4.69, 9.17) is 0 Å². The van der Waals surface area contributed by atoms with Crippen molar-refractivity contribution in [2.45, 2.75) is 11.3 Å². The molecule has 0 aliphatic heterocycles. The van der Waals surface area contributed by atoms with Crippen LogP contribution in [0.5, 0.6) is 0 Å². The van der Waals surface area contributed by atoms with E-state index < -0.39 is 0 Å². The highest BCUT2D eigenvalue weighted by Gasteiger charge is 2.13. The Bertz CT molecular complexity index is 732. The zero-order valence-electron chi connectivity index (χ0n) is 14.3. The Labute approximate surface area is 151 Å². The summed E-state index contributed by atoms with van der Waals surface area (Å²) in [4.78, 5) is 26.4. The maximum absolute atomic E-state index is 12.9. The molecule has 4 nitrogen and oxygen atoms in total. The van der Waals surface area contributed by atoms with Gasteiger partial charge in [-0.15, -0.1) is 11.8 Å². The first-order chi connectivity index (χ1) is 12.0. The molecule has 0 fully saturated rings. The molecule has 6 heteroatoms. The van der Waals surface area contributed by atoms with Crippen molar-refractivity contribution in [3.63, 3.8) is 0 Å². The second kappa shape index (κ2) is 9.22. The lowest BCUT2D eigenvalue weighted by Crippen LogP contribution is -2.26. The number of benzene rings is 2. The molecule has 0 unspecified atom stereocenters. The molecule has 0 saturated heterocycles. The highest BCUT2D eigenvalue weighted by atomic mass is 32.2. The Morgan fingerprint density at radius 1 is 1.08 bits per heavy atom. The minimum atomic E-state index is -0.272.